The Morgan fingerprint density at radius 2 is 1.64 bits per heavy atom. The van der Waals surface area contributed by atoms with E-state index in [4.69, 9.17) is 5.14 Å². The molecule has 1 amide bonds. The lowest BCUT2D eigenvalue weighted by Gasteiger charge is -2.27. The third-order valence-electron chi connectivity index (χ3n) is 3.87. The topological polar surface area (TPSA) is 127 Å². The smallest absolute Gasteiger partial charge is 0.307 e. The molecule has 1 saturated carbocycles. The zero-order valence-corrected chi connectivity index (χ0v) is 12.7. The number of carboxylic acids is 1. The quantitative estimate of drug-likeness (QED) is 0.765. The Bertz CT molecular complexity index is 669. The van der Waals surface area contributed by atoms with Gasteiger partial charge in [-0.3, -0.25) is 9.59 Å². The van der Waals surface area contributed by atoms with Crippen molar-refractivity contribution in [1.82, 2.24) is 0 Å². The van der Waals surface area contributed by atoms with Crippen molar-refractivity contribution in [2.75, 3.05) is 5.32 Å². The van der Waals surface area contributed by atoms with Crippen LogP contribution >= 0.6 is 0 Å². The van der Waals surface area contributed by atoms with E-state index in [0.29, 0.717) is 18.5 Å². The molecule has 22 heavy (non-hydrogen) atoms. The number of hydrogen-bond donors (Lipinski definition) is 3. The van der Waals surface area contributed by atoms with Crippen LogP contribution in [0.3, 0.4) is 0 Å². The molecule has 0 spiro atoms. The van der Waals surface area contributed by atoms with Crippen molar-refractivity contribution in [1.29, 1.82) is 0 Å². The largest absolute Gasteiger partial charge is 0.481 e. The minimum atomic E-state index is -3.78. The molecule has 0 radical (unpaired) electrons. The fourth-order valence-electron chi connectivity index (χ4n) is 2.70. The van der Waals surface area contributed by atoms with Crippen LogP contribution in [0.15, 0.2) is 29.2 Å². The summed E-state index contributed by atoms with van der Waals surface area (Å²) in [5.74, 6) is -2.54. The first-order valence-electron chi connectivity index (χ1n) is 6.95. The average Bonchev–Trinajstić information content (AvgIpc) is 2.46. The number of carboxylic acid groups (broad SMARTS) is 1. The van der Waals surface area contributed by atoms with Gasteiger partial charge in [0.05, 0.1) is 16.7 Å². The van der Waals surface area contributed by atoms with Crippen LogP contribution in [0.2, 0.25) is 0 Å². The molecule has 1 fully saturated rings. The van der Waals surface area contributed by atoms with E-state index in [1.165, 1.54) is 24.3 Å². The third kappa shape index (κ3) is 3.83. The second-order valence-corrected chi connectivity index (χ2v) is 6.96. The van der Waals surface area contributed by atoms with Gasteiger partial charge in [0.1, 0.15) is 0 Å². The number of amides is 1. The SMILES string of the molecule is NS(=O)(=O)c1ccc(NC(=O)[C@H]2CCCC[C@@H]2C(=O)O)cc1. The van der Waals surface area contributed by atoms with Gasteiger partial charge >= 0.3 is 5.97 Å². The van der Waals surface area contributed by atoms with E-state index in [9.17, 15) is 23.1 Å². The van der Waals surface area contributed by atoms with Gasteiger partial charge in [-0.25, -0.2) is 13.6 Å². The molecular weight excluding hydrogens is 308 g/mol. The van der Waals surface area contributed by atoms with Crippen LogP contribution in [0.5, 0.6) is 0 Å². The van der Waals surface area contributed by atoms with Gasteiger partial charge in [0, 0.05) is 5.69 Å². The van der Waals surface area contributed by atoms with E-state index in [2.05, 4.69) is 5.32 Å². The summed E-state index contributed by atoms with van der Waals surface area (Å²) >= 11 is 0. The normalized spacial score (nSPS) is 22.0. The van der Waals surface area contributed by atoms with Crippen LogP contribution < -0.4 is 10.5 Å². The van der Waals surface area contributed by atoms with Gasteiger partial charge in [0.15, 0.2) is 0 Å². The van der Waals surface area contributed by atoms with Gasteiger partial charge in [0.25, 0.3) is 0 Å². The number of primary sulfonamides is 1. The number of rotatable bonds is 4. The van der Waals surface area contributed by atoms with E-state index in [0.717, 1.165) is 12.8 Å². The number of aliphatic carboxylic acids is 1. The Hall–Kier alpha value is -1.93. The summed E-state index contributed by atoms with van der Waals surface area (Å²) in [6.07, 6.45) is 2.67. The van der Waals surface area contributed by atoms with Crippen LogP contribution in [-0.4, -0.2) is 25.4 Å². The highest BCUT2D eigenvalue weighted by Crippen LogP contribution is 2.31. The Kier molecular flexibility index (Phi) is 4.82. The molecule has 4 N–H and O–H groups in total. The van der Waals surface area contributed by atoms with Crippen LogP contribution in [0.25, 0.3) is 0 Å². The molecule has 0 aliphatic heterocycles. The summed E-state index contributed by atoms with van der Waals surface area (Å²) < 4.78 is 22.3. The highest BCUT2D eigenvalue weighted by atomic mass is 32.2. The Morgan fingerprint density at radius 1 is 1.09 bits per heavy atom. The minimum Gasteiger partial charge on any atom is -0.481 e. The molecule has 0 aromatic heterocycles. The highest BCUT2D eigenvalue weighted by Gasteiger charge is 2.35. The monoisotopic (exact) mass is 326 g/mol. The number of sulfonamides is 1. The molecule has 1 aromatic carbocycles. The van der Waals surface area contributed by atoms with E-state index in [-0.39, 0.29) is 10.8 Å². The van der Waals surface area contributed by atoms with Crippen molar-refractivity contribution >= 4 is 27.6 Å². The van der Waals surface area contributed by atoms with Gasteiger partial charge in [-0.2, -0.15) is 0 Å². The number of carbonyl (C=O) groups excluding carboxylic acids is 1. The van der Waals surface area contributed by atoms with Crippen molar-refractivity contribution in [3.05, 3.63) is 24.3 Å². The second-order valence-electron chi connectivity index (χ2n) is 5.39. The molecule has 0 heterocycles. The molecule has 0 bridgehead atoms. The standard InChI is InChI=1S/C14H18N2O5S/c15-22(20,21)10-7-5-9(6-8-10)16-13(17)11-3-1-2-4-12(11)14(18)19/h5-8,11-12H,1-4H2,(H,16,17)(H,18,19)(H2,15,20,21)/t11-,12-/m0/s1. The molecular formula is C14H18N2O5S. The number of nitrogens with one attached hydrogen (secondary N) is 1. The summed E-state index contributed by atoms with van der Waals surface area (Å²) in [5, 5.41) is 16.8. The zero-order valence-electron chi connectivity index (χ0n) is 11.9. The summed E-state index contributed by atoms with van der Waals surface area (Å²) in [6.45, 7) is 0. The lowest BCUT2D eigenvalue weighted by molar-refractivity contribution is -0.147. The van der Waals surface area contributed by atoms with E-state index < -0.39 is 27.8 Å². The maximum absolute atomic E-state index is 12.2. The molecule has 2 atom stereocenters. The summed E-state index contributed by atoms with van der Waals surface area (Å²) in [4.78, 5) is 23.4. The van der Waals surface area contributed by atoms with Crippen molar-refractivity contribution in [2.45, 2.75) is 30.6 Å². The Balaban J connectivity index is 2.09. The van der Waals surface area contributed by atoms with Crippen LogP contribution in [0, 0.1) is 11.8 Å². The van der Waals surface area contributed by atoms with Gasteiger partial charge < -0.3 is 10.4 Å². The summed E-state index contributed by atoms with van der Waals surface area (Å²) in [7, 11) is -3.78. The number of anilines is 1. The third-order valence-corrected chi connectivity index (χ3v) is 4.80. The maximum Gasteiger partial charge on any atom is 0.307 e. The predicted octanol–water partition coefficient (Wildman–Crippen LogP) is 1.16. The van der Waals surface area contributed by atoms with Gasteiger partial charge in [-0.1, -0.05) is 12.8 Å². The van der Waals surface area contributed by atoms with Crippen LogP contribution in [-0.2, 0) is 19.6 Å². The first-order valence-corrected chi connectivity index (χ1v) is 8.50. The van der Waals surface area contributed by atoms with Crippen molar-refractivity contribution in [3.63, 3.8) is 0 Å². The average molecular weight is 326 g/mol. The maximum atomic E-state index is 12.2. The molecule has 0 saturated heterocycles. The van der Waals surface area contributed by atoms with Crippen molar-refractivity contribution in [2.24, 2.45) is 17.0 Å². The molecule has 0 unspecified atom stereocenters. The fraction of sp³-hybridized carbons (Fsp3) is 0.429. The summed E-state index contributed by atoms with van der Waals surface area (Å²) in [5.41, 5.74) is 0.409. The first kappa shape index (κ1) is 16.4. The molecule has 1 aliphatic rings. The Morgan fingerprint density at radius 3 is 2.14 bits per heavy atom. The number of benzene rings is 1. The van der Waals surface area contributed by atoms with E-state index in [1.54, 1.807) is 0 Å². The molecule has 120 valence electrons. The van der Waals surface area contributed by atoms with Crippen LogP contribution in [0.1, 0.15) is 25.7 Å². The van der Waals surface area contributed by atoms with Crippen LogP contribution in [0.4, 0.5) is 5.69 Å². The minimum absolute atomic E-state index is 0.0495. The van der Waals surface area contributed by atoms with E-state index in [1.807, 2.05) is 0 Å². The Labute approximate surface area is 128 Å². The van der Waals surface area contributed by atoms with Crippen molar-refractivity contribution in [3.8, 4) is 0 Å². The fourth-order valence-corrected chi connectivity index (χ4v) is 3.22. The van der Waals surface area contributed by atoms with E-state index >= 15 is 0 Å². The lowest BCUT2D eigenvalue weighted by atomic mass is 9.78. The van der Waals surface area contributed by atoms with Gasteiger partial charge in [-0.15, -0.1) is 0 Å². The zero-order chi connectivity index (χ0) is 16.3. The first-order chi connectivity index (χ1) is 10.3. The number of nitrogens with two attached hydrogens (primary N) is 1. The molecule has 8 heteroatoms. The van der Waals surface area contributed by atoms with Gasteiger partial charge in [0.2, 0.25) is 15.9 Å². The molecule has 2 rings (SSSR count). The van der Waals surface area contributed by atoms with Crippen molar-refractivity contribution < 1.29 is 23.1 Å². The second kappa shape index (κ2) is 6.45. The highest BCUT2D eigenvalue weighted by molar-refractivity contribution is 7.89. The molecule has 1 aromatic rings. The number of carbonyl (C=O) groups is 2. The predicted molar refractivity (Wildman–Crippen MR) is 79.5 cm³/mol. The van der Waals surface area contributed by atoms with Gasteiger partial charge in [-0.05, 0) is 37.1 Å². The molecule has 1 aliphatic carbocycles. The summed E-state index contributed by atoms with van der Waals surface area (Å²) in [6, 6.07) is 5.44. The molecule has 7 nitrogen and oxygen atoms in total. The number of hydrogen-bond acceptors (Lipinski definition) is 4. The lowest BCUT2D eigenvalue weighted by Crippen LogP contribution is -2.36.